The van der Waals surface area contributed by atoms with Crippen molar-refractivity contribution in [2.24, 2.45) is 0 Å². The van der Waals surface area contributed by atoms with Gasteiger partial charge >= 0.3 is 5.97 Å². The first-order valence-electron chi connectivity index (χ1n) is 9.12. The summed E-state index contributed by atoms with van der Waals surface area (Å²) in [6.07, 6.45) is -1.93. The summed E-state index contributed by atoms with van der Waals surface area (Å²) < 4.78 is 26.8. The van der Waals surface area contributed by atoms with Crippen LogP contribution in [0.1, 0.15) is 0 Å². The van der Waals surface area contributed by atoms with Gasteiger partial charge in [0.05, 0.1) is 0 Å². The average molecular weight is 414 g/mol. The summed E-state index contributed by atoms with van der Waals surface area (Å²) in [6.45, 7) is -0.644. The summed E-state index contributed by atoms with van der Waals surface area (Å²) in [4.78, 5) is 36.1. The van der Waals surface area contributed by atoms with E-state index >= 15 is 0 Å². The van der Waals surface area contributed by atoms with E-state index in [2.05, 4.69) is 10.9 Å². The van der Waals surface area contributed by atoms with Crippen LogP contribution < -0.4 is 29.8 Å². The van der Waals surface area contributed by atoms with E-state index in [0.29, 0.717) is 23.0 Å². The van der Waals surface area contributed by atoms with Crippen molar-refractivity contribution in [1.29, 1.82) is 0 Å². The minimum Gasteiger partial charge on any atom is -0.485 e. The minimum absolute atomic E-state index is 0.00576. The minimum atomic E-state index is -0.991. The molecule has 0 aliphatic carbocycles. The molecule has 10 nitrogen and oxygen atoms in total. The maximum Gasteiger partial charge on any atom is 0.351 e. The second kappa shape index (κ2) is 8.60. The van der Waals surface area contributed by atoms with E-state index < -0.39 is 36.6 Å². The van der Waals surface area contributed by atoms with Crippen molar-refractivity contribution >= 4 is 17.8 Å². The molecule has 0 bridgehead atoms. The zero-order valence-electron chi connectivity index (χ0n) is 15.7. The first kappa shape index (κ1) is 19.4. The van der Waals surface area contributed by atoms with E-state index in [9.17, 15) is 14.4 Å². The first-order valence-corrected chi connectivity index (χ1v) is 9.12. The molecular formula is C20H18N2O8. The molecule has 0 spiro atoms. The molecule has 0 unspecified atom stereocenters. The number of hydrogen-bond acceptors (Lipinski definition) is 8. The van der Waals surface area contributed by atoms with Gasteiger partial charge in [0.15, 0.2) is 29.6 Å². The highest BCUT2D eigenvalue weighted by molar-refractivity contribution is 5.87. The second-order valence-electron chi connectivity index (χ2n) is 6.37. The van der Waals surface area contributed by atoms with E-state index in [0.717, 1.165) is 0 Å². The average Bonchev–Trinajstić information content (AvgIpc) is 2.80. The van der Waals surface area contributed by atoms with Crippen molar-refractivity contribution in [2.75, 3.05) is 19.8 Å². The number of fused-ring (bicyclic) bond motifs is 2. The zero-order chi connectivity index (χ0) is 20.9. The SMILES string of the molecule is O=C(COC(=O)[C@@H]1COc2ccccc2O1)NNC(=O)[C@@H]1COc2ccccc2O1. The summed E-state index contributed by atoms with van der Waals surface area (Å²) in [5.74, 6) is -0.186. The summed E-state index contributed by atoms with van der Waals surface area (Å²) in [5.41, 5.74) is 4.36. The molecule has 2 atom stereocenters. The predicted octanol–water partition coefficient (Wildman–Crippen LogP) is 0.357. The van der Waals surface area contributed by atoms with Gasteiger partial charge in [-0.3, -0.25) is 20.4 Å². The Labute approximate surface area is 171 Å². The van der Waals surface area contributed by atoms with Crippen molar-refractivity contribution < 1.29 is 38.1 Å². The molecule has 156 valence electrons. The van der Waals surface area contributed by atoms with Crippen LogP contribution in [0.15, 0.2) is 48.5 Å². The number of para-hydroxylation sites is 4. The molecule has 2 aromatic rings. The molecule has 2 heterocycles. The molecule has 10 heteroatoms. The third-order valence-corrected chi connectivity index (χ3v) is 4.24. The van der Waals surface area contributed by atoms with E-state index in [1.165, 1.54) is 0 Å². The maximum absolute atomic E-state index is 12.1. The monoisotopic (exact) mass is 414 g/mol. The van der Waals surface area contributed by atoms with Crippen LogP contribution in [0, 0.1) is 0 Å². The fraction of sp³-hybridized carbons (Fsp3) is 0.250. The Morgan fingerprint density at radius 1 is 0.800 bits per heavy atom. The third kappa shape index (κ3) is 4.37. The molecular weight excluding hydrogens is 396 g/mol. The Hall–Kier alpha value is -3.95. The zero-order valence-corrected chi connectivity index (χ0v) is 15.7. The fourth-order valence-electron chi connectivity index (χ4n) is 2.76. The predicted molar refractivity (Wildman–Crippen MR) is 100.0 cm³/mol. The molecule has 2 aliphatic heterocycles. The van der Waals surface area contributed by atoms with Crippen molar-refractivity contribution in [3.8, 4) is 23.0 Å². The lowest BCUT2D eigenvalue weighted by molar-refractivity contribution is -0.158. The van der Waals surface area contributed by atoms with Gasteiger partial charge in [0.1, 0.15) is 13.2 Å². The van der Waals surface area contributed by atoms with Crippen LogP contribution in [0.4, 0.5) is 0 Å². The summed E-state index contributed by atoms with van der Waals surface area (Å²) >= 11 is 0. The Morgan fingerprint density at radius 3 is 1.97 bits per heavy atom. The van der Waals surface area contributed by atoms with Crippen LogP contribution in [0.5, 0.6) is 23.0 Å². The number of benzene rings is 2. The molecule has 0 radical (unpaired) electrons. The molecule has 2 amide bonds. The van der Waals surface area contributed by atoms with Gasteiger partial charge in [-0.25, -0.2) is 4.79 Å². The second-order valence-corrected chi connectivity index (χ2v) is 6.37. The van der Waals surface area contributed by atoms with Crippen LogP contribution >= 0.6 is 0 Å². The standard InChI is InChI=1S/C20H18N2O8/c23-18(11-28-20(25)17-10-27-13-6-2-4-8-15(13)30-17)21-22-19(24)16-9-26-12-5-1-3-7-14(12)29-16/h1-8,16-17H,9-11H2,(H,21,23)(H,22,24)/t16-,17-/m0/s1. The smallest absolute Gasteiger partial charge is 0.351 e. The van der Waals surface area contributed by atoms with Crippen molar-refractivity contribution in [1.82, 2.24) is 10.9 Å². The van der Waals surface area contributed by atoms with Gasteiger partial charge < -0.3 is 23.7 Å². The lowest BCUT2D eigenvalue weighted by Gasteiger charge is -2.25. The fourth-order valence-corrected chi connectivity index (χ4v) is 2.76. The largest absolute Gasteiger partial charge is 0.485 e. The van der Waals surface area contributed by atoms with E-state index in [-0.39, 0.29) is 13.2 Å². The number of hydrazine groups is 1. The molecule has 0 saturated heterocycles. The quantitative estimate of drug-likeness (QED) is 0.543. The third-order valence-electron chi connectivity index (χ3n) is 4.24. The number of carbonyl (C=O) groups excluding carboxylic acids is 3. The van der Waals surface area contributed by atoms with Crippen LogP contribution in [-0.4, -0.2) is 49.8 Å². The topological polar surface area (TPSA) is 121 Å². The summed E-state index contributed by atoms with van der Waals surface area (Å²) in [5, 5.41) is 0. The van der Waals surface area contributed by atoms with Gasteiger partial charge in [-0.1, -0.05) is 24.3 Å². The Bertz CT molecular complexity index is 888. The maximum atomic E-state index is 12.1. The molecule has 0 fully saturated rings. The highest BCUT2D eigenvalue weighted by atomic mass is 16.6. The molecule has 2 aromatic carbocycles. The highest BCUT2D eigenvalue weighted by Gasteiger charge is 2.30. The van der Waals surface area contributed by atoms with Gasteiger partial charge in [0.2, 0.25) is 12.2 Å². The van der Waals surface area contributed by atoms with Gasteiger partial charge in [0, 0.05) is 0 Å². The number of nitrogens with one attached hydrogen (secondary N) is 2. The van der Waals surface area contributed by atoms with Gasteiger partial charge in [0.25, 0.3) is 11.8 Å². The molecule has 0 saturated carbocycles. The lowest BCUT2D eigenvalue weighted by atomic mass is 10.2. The van der Waals surface area contributed by atoms with Crippen molar-refractivity contribution in [3.63, 3.8) is 0 Å². The van der Waals surface area contributed by atoms with E-state index in [4.69, 9.17) is 23.7 Å². The molecule has 30 heavy (non-hydrogen) atoms. The van der Waals surface area contributed by atoms with Gasteiger partial charge in [-0.2, -0.15) is 0 Å². The van der Waals surface area contributed by atoms with Crippen LogP contribution in [-0.2, 0) is 19.1 Å². The normalized spacial score (nSPS) is 18.7. The Kier molecular flexibility index (Phi) is 5.55. The Morgan fingerprint density at radius 2 is 1.33 bits per heavy atom. The molecule has 2 aliphatic rings. The molecule has 2 N–H and O–H groups in total. The number of ether oxygens (including phenoxy) is 5. The summed E-state index contributed by atoms with van der Waals surface area (Å²) in [6, 6.07) is 13.8. The van der Waals surface area contributed by atoms with Crippen LogP contribution in [0.3, 0.4) is 0 Å². The molecule has 4 rings (SSSR count). The van der Waals surface area contributed by atoms with E-state index in [1.54, 1.807) is 48.5 Å². The van der Waals surface area contributed by atoms with Crippen molar-refractivity contribution in [3.05, 3.63) is 48.5 Å². The van der Waals surface area contributed by atoms with Gasteiger partial charge in [-0.15, -0.1) is 0 Å². The number of carbonyl (C=O) groups is 3. The molecule has 0 aromatic heterocycles. The number of rotatable bonds is 4. The highest BCUT2D eigenvalue weighted by Crippen LogP contribution is 2.31. The Balaban J connectivity index is 1.19. The number of hydrogen-bond donors (Lipinski definition) is 2. The van der Waals surface area contributed by atoms with Crippen LogP contribution in [0.25, 0.3) is 0 Å². The van der Waals surface area contributed by atoms with Crippen LogP contribution in [0.2, 0.25) is 0 Å². The number of amides is 2. The summed E-state index contributed by atoms with van der Waals surface area (Å²) in [7, 11) is 0. The van der Waals surface area contributed by atoms with E-state index in [1.807, 2.05) is 0 Å². The lowest BCUT2D eigenvalue weighted by Crippen LogP contribution is -2.51. The number of esters is 1. The van der Waals surface area contributed by atoms with Crippen molar-refractivity contribution in [2.45, 2.75) is 12.2 Å². The van der Waals surface area contributed by atoms with Gasteiger partial charge in [-0.05, 0) is 24.3 Å². The first-order chi connectivity index (χ1) is 14.6.